The number of carbonyl (C=O) groups is 2. The molecular formula is C16H27NO3. The van der Waals surface area contributed by atoms with Crippen LogP contribution in [0.1, 0.15) is 64.7 Å². The van der Waals surface area contributed by atoms with Crippen molar-refractivity contribution in [2.45, 2.75) is 70.8 Å². The van der Waals surface area contributed by atoms with Crippen molar-refractivity contribution in [3.05, 3.63) is 12.2 Å². The zero-order valence-corrected chi connectivity index (χ0v) is 12.4. The smallest absolute Gasteiger partial charge is 0.310 e. The fourth-order valence-corrected chi connectivity index (χ4v) is 2.51. The van der Waals surface area contributed by atoms with Crippen LogP contribution in [0.2, 0.25) is 0 Å². The van der Waals surface area contributed by atoms with Gasteiger partial charge in [-0.3, -0.25) is 9.59 Å². The van der Waals surface area contributed by atoms with Crippen molar-refractivity contribution in [2.24, 2.45) is 5.92 Å². The summed E-state index contributed by atoms with van der Waals surface area (Å²) in [7, 11) is 0. The van der Waals surface area contributed by atoms with Crippen LogP contribution in [0, 0.1) is 5.92 Å². The molecule has 0 aliphatic heterocycles. The van der Waals surface area contributed by atoms with E-state index in [9.17, 15) is 9.59 Å². The van der Waals surface area contributed by atoms with Gasteiger partial charge in [-0.15, -0.1) is 0 Å². The Labute approximate surface area is 121 Å². The van der Waals surface area contributed by atoms with Gasteiger partial charge in [0.1, 0.15) is 0 Å². The first-order valence-electron chi connectivity index (χ1n) is 7.84. The topological polar surface area (TPSA) is 66.4 Å². The minimum atomic E-state index is -0.815. The highest BCUT2D eigenvalue weighted by atomic mass is 16.4. The summed E-state index contributed by atoms with van der Waals surface area (Å²) in [5, 5.41) is 11.7. The van der Waals surface area contributed by atoms with Gasteiger partial charge in [-0.1, -0.05) is 57.6 Å². The van der Waals surface area contributed by atoms with E-state index in [4.69, 9.17) is 5.11 Å². The van der Waals surface area contributed by atoms with E-state index in [2.05, 4.69) is 12.2 Å². The highest BCUT2D eigenvalue weighted by molar-refractivity contribution is 5.77. The molecule has 0 radical (unpaired) electrons. The monoisotopic (exact) mass is 281 g/mol. The van der Waals surface area contributed by atoms with Gasteiger partial charge in [-0.25, -0.2) is 0 Å². The molecular weight excluding hydrogens is 254 g/mol. The third kappa shape index (κ3) is 6.73. The molecule has 0 saturated carbocycles. The normalized spacial score (nSPS) is 21.1. The van der Waals surface area contributed by atoms with E-state index in [0.29, 0.717) is 12.8 Å². The summed E-state index contributed by atoms with van der Waals surface area (Å²) in [6, 6.07) is -0.104. The number of aliphatic carboxylic acids is 1. The first-order chi connectivity index (χ1) is 9.63. The summed E-state index contributed by atoms with van der Waals surface area (Å²) < 4.78 is 0. The molecule has 4 nitrogen and oxygen atoms in total. The number of hydrogen-bond acceptors (Lipinski definition) is 2. The number of hydrogen-bond donors (Lipinski definition) is 2. The second kappa shape index (κ2) is 9.56. The Balaban J connectivity index is 2.01. The van der Waals surface area contributed by atoms with Crippen molar-refractivity contribution in [3.8, 4) is 0 Å². The van der Waals surface area contributed by atoms with E-state index >= 15 is 0 Å². The summed E-state index contributed by atoms with van der Waals surface area (Å²) in [6.07, 6.45) is 12.9. The molecule has 0 heterocycles. The van der Waals surface area contributed by atoms with Gasteiger partial charge in [0.05, 0.1) is 5.92 Å². The zero-order valence-electron chi connectivity index (χ0n) is 12.4. The van der Waals surface area contributed by atoms with Gasteiger partial charge in [-0.05, 0) is 12.8 Å². The molecule has 114 valence electrons. The second-order valence-corrected chi connectivity index (χ2v) is 5.61. The first-order valence-corrected chi connectivity index (χ1v) is 7.84. The van der Waals surface area contributed by atoms with Crippen molar-refractivity contribution >= 4 is 11.9 Å². The highest BCUT2D eigenvalue weighted by Crippen LogP contribution is 2.18. The Bertz CT molecular complexity index is 339. The summed E-state index contributed by atoms with van der Waals surface area (Å²) in [5.41, 5.74) is 0. The van der Waals surface area contributed by atoms with Crippen LogP contribution in [0.25, 0.3) is 0 Å². The molecule has 20 heavy (non-hydrogen) atoms. The standard InChI is InChI=1S/C16H27NO3/c1-2-3-4-5-6-7-8-9-15(18)17-14-11-10-13(12-14)16(19)20/h10-11,13-14H,2-9,12H2,1H3,(H,17,18)(H,19,20). The molecule has 0 spiro atoms. The summed E-state index contributed by atoms with van der Waals surface area (Å²) >= 11 is 0. The van der Waals surface area contributed by atoms with E-state index in [1.54, 1.807) is 12.2 Å². The van der Waals surface area contributed by atoms with E-state index in [1.165, 1.54) is 32.1 Å². The number of nitrogens with one attached hydrogen (secondary N) is 1. The van der Waals surface area contributed by atoms with Crippen LogP contribution >= 0.6 is 0 Å². The predicted molar refractivity (Wildman–Crippen MR) is 79.4 cm³/mol. The molecule has 1 amide bonds. The molecule has 2 atom stereocenters. The third-order valence-electron chi connectivity index (χ3n) is 3.75. The summed E-state index contributed by atoms with van der Waals surface area (Å²) in [6.45, 7) is 2.21. The molecule has 0 aromatic rings. The molecule has 1 aliphatic rings. The van der Waals surface area contributed by atoms with Crippen molar-refractivity contribution in [3.63, 3.8) is 0 Å². The lowest BCUT2D eigenvalue weighted by Crippen LogP contribution is -2.33. The average Bonchev–Trinajstić information content (AvgIpc) is 2.86. The maximum atomic E-state index is 11.7. The maximum absolute atomic E-state index is 11.7. The van der Waals surface area contributed by atoms with Gasteiger partial charge < -0.3 is 10.4 Å². The molecule has 0 aromatic heterocycles. The van der Waals surface area contributed by atoms with Gasteiger partial charge in [-0.2, -0.15) is 0 Å². The quantitative estimate of drug-likeness (QED) is 0.477. The Kier molecular flexibility index (Phi) is 8.00. The van der Waals surface area contributed by atoms with Gasteiger partial charge >= 0.3 is 5.97 Å². The molecule has 0 bridgehead atoms. The lowest BCUT2D eigenvalue weighted by Gasteiger charge is -2.12. The molecule has 2 unspecified atom stereocenters. The first kappa shape index (κ1) is 16.7. The summed E-state index contributed by atoms with van der Waals surface area (Å²) in [4.78, 5) is 22.5. The van der Waals surface area contributed by atoms with Crippen LogP contribution in [0.15, 0.2) is 12.2 Å². The van der Waals surface area contributed by atoms with Gasteiger partial charge in [0.2, 0.25) is 5.91 Å². The number of carbonyl (C=O) groups excluding carboxylic acids is 1. The Hall–Kier alpha value is -1.32. The van der Waals surface area contributed by atoms with Gasteiger partial charge in [0.15, 0.2) is 0 Å². The third-order valence-corrected chi connectivity index (χ3v) is 3.75. The fourth-order valence-electron chi connectivity index (χ4n) is 2.51. The maximum Gasteiger partial charge on any atom is 0.310 e. The Morgan fingerprint density at radius 3 is 2.35 bits per heavy atom. The minimum Gasteiger partial charge on any atom is -0.481 e. The van der Waals surface area contributed by atoms with Gasteiger partial charge in [0, 0.05) is 12.5 Å². The molecule has 1 rings (SSSR count). The van der Waals surface area contributed by atoms with Crippen LogP contribution in [0.5, 0.6) is 0 Å². The fraction of sp³-hybridized carbons (Fsp3) is 0.750. The minimum absolute atomic E-state index is 0.0410. The van der Waals surface area contributed by atoms with E-state index in [1.807, 2.05) is 0 Å². The Morgan fingerprint density at radius 1 is 1.10 bits per heavy atom. The number of rotatable bonds is 10. The largest absolute Gasteiger partial charge is 0.481 e. The number of unbranched alkanes of at least 4 members (excludes halogenated alkanes) is 6. The van der Waals surface area contributed by atoms with Crippen LogP contribution in [0.4, 0.5) is 0 Å². The predicted octanol–water partition coefficient (Wildman–Crippen LogP) is 3.27. The molecule has 4 heteroatoms. The van der Waals surface area contributed by atoms with E-state index in [0.717, 1.165) is 12.8 Å². The number of carboxylic acids is 1. The lowest BCUT2D eigenvalue weighted by molar-refractivity contribution is -0.140. The average molecular weight is 281 g/mol. The van der Waals surface area contributed by atoms with Gasteiger partial charge in [0.25, 0.3) is 0 Å². The number of amides is 1. The van der Waals surface area contributed by atoms with Crippen molar-refractivity contribution in [1.29, 1.82) is 0 Å². The highest BCUT2D eigenvalue weighted by Gasteiger charge is 2.24. The van der Waals surface area contributed by atoms with Crippen molar-refractivity contribution < 1.29 is 14.7 Å². The number of carboxylic acid groups (broad SMARTS) is 1. The van der Waals surface area contributed by atoms with Crippen LogP contribution in [0.3, 0.4) is 0 Å². The van der Waals surface area contributed by atoms with Crippen LogP contribution in [-0.4, -0.2) is 23.0 Å². The van der Waals surface area contributed by atoms with Crippen LogP contribution < -0.4 is 5.32 Å². The SMILES string of the molecule is CCCCCCCCCC(=O)NC1C=CC(C(=O)O)C1. The van der Waals surface area contributed by atoms with E-state index in [-0.39, 0.29) is 11.9 Å². The molecule has 0 aromatic carbocycles. The molecule has 1 aliphatic carbocycles. The Morgan fingerprint density at radius 2 is 1.75 bits per heavy atom. The van der Waals surface area contributed by atoms with Crippen molar-refractivity contribution in [2.75, 3.05) is 0 Å². The van der Waals surface area contributed by atoms with E-state index < -0.39 is 11.9 Å². The molecule has 0 fully saturated rings. The van der Waals surface area contributed by atoms with Crippen molar-refractivity contribution in [1.82, 2.24) is 5.32 Å². The lowest BCUT2D eigenvalue weighted by atomic mass is 10.1. The molecule has 2 N–H and O–H groups in total. The second-order valence-electron chi connectivity index (χ2n) is 5.61. The van der Waals surface area contributed by atoms with Crippen LogP contribution in [-0.2, 0) is 9.59 Å². The molecule has 0 saturated heterocycles. The summed E-state index contributed by atoms with van der Waals surface area (Å²) in [5.74, 6) is -1.22. The zero-order chi connectivity index (χ0) is 14.8.